The molecule has 0 saturated carbocycles. The Morgan fingerprint density at radius 1 is 0.800 bits per heavy atom. The topological polar surface area (TPSA) is 0 Å². The highest BCUT2D eigenvalue weighted by Gasteiger charge is 2.36. The van der Waals surface area contributed by atoms with Crippen molar-refractivity contribution in [1.29, 1.82) is 0 Å². The van der Waals surface area contributed by atoms with Gasteiger partial charge >= 0.3 is 0 Å². The van der Waals surface area contributed by atoms with E-state index in [1.807, 2.05) is 0 Å². The number of rotatable bonds is 6. The third-order valence-electron chi connectivity index (χ3n) is 4.49. The highest BCUT2D eigenvalue weighted by Crippen LogP contribution is 2.43. The van der Waals surface area contributed by atoms with E-state index in [0.29, 0.717) is 5.92 Å². The molecule has 0 radical (unpaired) electrons. The van der Waals surface area contributed by atoms with Crippen LogP contribution in [0.3, 0.4) is 0 Å². The summed E-state index contributed by atoms with van der Waals surface area (Å²) in [5.74, 6) is 0.582. The predicted octanol–water partition coefficient (Wildman–Crippen LogP) is 5.82. The minimum atomic E-state index is 0.137. The maximum atomic E-state index is 2.36. The first-order valence-electron chi connectivity index (χ1n) is 7.83. The van der Waals surface area contributed by atoms with Crippen LogP contribution in [0.15, 0.2) is 60.7 Å². The lowest BCUT2D eigenvalue weighted by atomic mass is 9.64. The van der Waals surface area contributed by atoms with Crippen LogP contribution < -0.4 is 0 Å². The fourth-order valence-corrected chi connectivity index (χ4v) is 3.34. The molecule has 0 aliphatic rings. The first-order chi connectivity index (χ1) is 9.71. The molecule has 20 heavy (non-hydrogen) atoms. The molecule has 2 aromatic rings. The lowest BCUT2D eigenvalue weighted by molar-refractivity contribution is 0.335. The van der Waals surface area contributed by atoms with Crippen LogP contribution >= 0.6 is 0 Å². The molecule has 0 aliphatic carbocycles. The van der Waals surface area contributed by atoms with E-state index in [1.165, 1.54) is 30.4 Å². The average Bonchev–Trinajstić information content (AvgIpc) is 2.50. The van der Waals surface area contributed by atoms with Crippen molar-refractivity contribution >= 4 is 0 Å². The zero-order chi connectivity index (χ0) is 14.4. The SMILES string of the molecule is CCCCC(c1ccccc1)(c1ccccc1)C(C)C. The summed E-state index contributed by atoms with van der Waals surface area (Å²) in [4.78, 5) is 0. The third kappa shape index (κ3) is 2.80. The Hall–Kier alpha value is -1.56. The number of benzene rings is 2. The third-order valence-corrected chi connectivity index (χ3v) is 4.49. The smallest absolute Gasteiger partial charge is 0.0225 e. The highest BCUT2D eigenvalue weighted by molar-refractivity contribution is 5.40. The fraction of sp³-hybridized carbons (Fsp3) is 0.400. The van der Waals surface area contributed by atoms with Crippen molar-refractivity contribution in [2.45, 2.75) is 45.4 Å². The van der Waals surface area contributed by atoms with Crippen LogP contribution in [0.5, 0.6) is 0 Å². The molecular weight excluding hydrogens is 240 g/mol. The normalized spacial score (nSPS) is 11.8. The van der Waals surface area contributed by atoms with Gasteiger partial charge < -0.3 is 0 Å². The summed E-state index contributed by atoms with van der Waals surface area (Å²) in [6, 6.07) is 22.1. The largest absolute Gasteiger partial charge is 0.0654 e. The van der Waals surface area contributed by atoms with Gasteiger partial charge in [-0.2, -0.15) is 0 Å². The second-order valence-electron chi connectivity index (χ2n) is 5.96. The van der Waals surface area contributed by atoms with Crippen molar-refractivity contribution in [3.63, 3.8) is 0 Å². The summed E-state index contributed by atoms with van der Waals surface area (Å²) in [5, 5.41) is 0. The van der Waals surface area contributed by atoms with Gasteiger partial charge in [0.25, 0.3) is 0 Å². The zero-order valence-electron chi connectivity index (χ0n) is 13.0. The standard InChI is InChI=1S/C20H26/c1-4-5-16-20(17(2)3,18-12-8-6-9-13-18)19-14-10-7-11-15-19/h6-15,17H,4-5,16H2,1-3H3. The van der Waals surface area contributed by atoms with Crippen LogP contribution in [0.2, 0.25) is 0 Å². The van der Waals surface area contributed by atoms with Gasteiger partial charge in [0.05, 0.1) is 0 Å². The molecule has 0 fully saturated rings. The van der Waals surface area contributed by atoms with Crippen LogP contribution in [-0.4, -0.2) is 0 Å². The minimum Gasteiger partial charge on any atom is -0.0654 e. The monoisotopic (exact) mass is 266 g/mol. The van der Waals surface area contributed by atoms with Crippen LogP contribution in [0, 0.1) is 5.92 Å². The van der Waals surface area contributed by atoms with Crippen LogP contribution in [0.25, 0.3) is 0 Å². The number of unbranched alkanes of at least 4 members (excludes halogenated alkanes) is 1. The van der Waals surface area contributed by atoms with E-state index in [9.17, 15) is 0 Å². The summed E-state index contributed by atoms with van der Waals surface area (Å²) in [5.41, 5.74) is 3.04. The van der Waals surface area contributed by atoms with E-state index in [2.05, 4.69) is 81.4 Å². The molecule has 0 aliphatic heterocycles. The van der Waals surface area contributed by atoms with Gasteiger partial charge in [-0.25, -0.2) is 0 Å². The Labute approximate surface area is 123 Å². The molecule has 0 bridgehead atoms. The lowest BCUT2D eigenvalue weighted by Gasteiger charge is -2.39. The van der Waals surface area contributed by atoms with Gasteiger partial charge in [0.1, 0.15) is 0 Å². The van der Waals surface area contributed by atoms with Gasteiger partial charge in [-0.05, 0) is 23.5 Å². The Bertz CT molecular complexity index is 457. The van der Waals surface area contributed by atoms with Crippen molar-refractivity contribution in [3.8, 4) is 0 Å². The molecule has 2 rings (SSSR count). The Balaban J connectivity index is 2.57. The van der Waals surface area contributed by atoms with Gasteiger partial charge in [0, 0.05) is 5.41 Å². The molecule has 0 saturated heterocycles. The maximum absolute atomic E-state index is 2.36. The van der Waals surface area contributed by atoms with Crippen LogP contribution in [0.1, 0.15) is 51.2 Å². The molecule has 0 spiro atoms. The first-order valence-corrected chi connectivity index (χ1v) is 7.83. The molecule has 2 aromatic carbocycles. The summed E-state index contributed by atoms with van der Waals surface area (Å²) < 4.78 is 0. The van der Waals surface area contributed by atoms with E-state index in [1.54, 1.807) is 0 Å². The van der Waals surface area contributed by atoms with E-state index in [-0.39, 0.29) is 5.41 Å². The zero-order valence-corrected chi connectivity index (χ0v) is 13.0. The van der Waals surface area contributed by atoms with E-state index >= 15 is 0 Å². The second kappa shape index (κ2) is 6.74. The van der Waals surface area contributed by atoms with E-state index in [4.69, 9.17) is 0 Å². The van der Waals surface area contributed by atoms with Gasteiger partial charge in [-0.15, -0.1) is 0 Å². The van der Waals surface area contributed by atoms with Gasteiger partial charge in [0.2, 0.25) is 0 Å². The Morgan fingerprint density at radius 3 is 1.60 bits per heavy atom. The lowest BCUT2D eigenvalue weighted by Crippen LogP contribution is -2.33. The molecule has 0 heterocycles. The van der Waals surface area contributed by atoms with Gasteiger partial charge in [-0.1, -0.05) is 94.3 Å². The summed E-state index contributed by atoms with van der Waals surface area (Å²) in [7, 11) is 0. The van der Waals surface area contributed by atoms with E-state index < -0.39 is 0 Å². The van der Waals surface area contributed by atoms with Gasteiger partial charge in [-0.3, -0.25) is 0 Å². The quantitative estimate of drug-likeness (QED) is 0.618. The van der Waals surface area contributed by atoms with Crippen LogP contribution in [0.4, 0.5) is 0 Å². The van der Waals surface area contributed by atoms with E-state index in [0.717, 1.165) is 0 Å². The molecular formula is C20H26. The number of hydrogen-bond donors (Lipinski definition) is 0. The average molecular weight is 266 g/mol. The molecule has 0 nitrogen and oxygen atoms in total. The molecule has 0 heteroatoms. The highest BCUT2D eigenvalue weighted by atomic mass is 14.4. The maximum Gasteiger partial charge on any atom is 0.0225 e. The van der Waals surface area contributed by atoms with Crippen molar-refractivity contribution in [1.82, 2.24) is 0 Å². The molecule has 0 amide bonds. The van der Waals surface area contributed by atoms with Crippen molar-refractivity contribution < 1.29 is 0 Å². The predicted molar refractivity (Wildman–Crippen MR) is 88.0 cm³/mol. The Kier molecular flexibility index (Phi) is 5.00. The Morgan fingerprint density at radius 2 is 1.25 bits per heavy atom. The summed E-state index contributed by atoms with van der Waals surface area (Å²) in [6.45, 7) is 6.99. The van der Waals surface area contributed by atoms with Crippen molar-refractivity contribution in [3.05, 3.63) is 71.8 Å². The van der Waals surface area contributed by atoms with Crippen molar-refractivity contribution in [2.24, 2.45) is 5.92 Å². The summed E-state index contributed by atoms with van der Waals surface area (Å²) in [6.07, 6.45) is 3.73. The number of hydrogen-bond acceptors (Lipinski definition) is 0. The second-order valence-corrected chi connectivity index (χ2v) is 5.96. The minimum absolute atomic E-state index is 0.137. The molecule has 106 valence electrons. The molecule has 0 unspecified atom stereocenters. The summed E-state index contributed by atoms with van der Waals surface area (Å²) >= 11 is 0. The van der Waals surface area contributed by atoms with Crippen molar-refractivity contribution in [2.75, 3.05) is 0 Å². The van der Waals surface area contributed by atoms with Gasteiger partial charge in [0.15, 0.2) is 0 Å². The molecule has 0 N–H and O–H groups in total. The first kappa shape index (κ1) is 14.8. The fourth-order valence-electron chi connectivity index (χ4n) is 3.34. The molecule has 0 aromatic heterocycles. The molecule has 0 atom stereocenters. The van der Waals surface area contributed by atoms with Crippen LogP contribution in [-0.2, 0) is 5.41 Å².